The van der Waals surface area contributed by atoms with E-state index >= 15 is 0 Å². The van der Waals surface area contributed by atoms with Crippen LogP contribution in [0.3, 0.4) is 0 Å². The Morgan fingerprint density at radius 3 is 2.68 bits per heavy atom. The molecule has 1 aromatic carbocycles. The van der Waals surface area contributed by atoms with E-state index in [1.165, 1.54) is 12.1 Å². The predicted octanol–water partition coefficient (Wildman–Crippen LogP) is 3.59. The SMILES string of the molecule is Cc1[nH]c(C(OCC23COC(C)(C2)C3)c2ccc(F)c(Cl)c2)nc1S(C)(=O)=O. The van der Waals surface area contributed by atoms with Crippen LogP contribution in [0.2, 0.25) is 5.02 Å². The third-order valence-corrected chi connectivity index (χ3v) is 6.87. The van der Waals surface area contributed by atoms with Crippen molar-refractivity contribution in [3.63, 3.8) is 0 Å². The molecule has 9 heteroatoms. The lowest BCUT2D eigenvalue weighted by molar-refractivity contribution is -0.0456. The van der Waals surface area contributed by atoms with Crippen molar-refractivity contribution in [3.8, 4) is 0 Å². The van der Waals surface area contributed by atoms with Gasteiger partial charge in [-0.2, -0.15) is 0 Å². The molecule has 1 N–H and O–H groups in total. The van der Waals surface area contributed by atoms with E-state index in [9.17, 15) is 12.8 Å². The maximum absolute atomic E-state index is 13.6. The molecule has 1 aliphatic carbocycles. The number of sulfone groups is 1. The molecule has 1 aromatic heterocycles. The zero-order chi connectivity index (χ0) is 20.3. The zero-order valence-electron chi connectivity index (χ0n) is 15.9. The first-order valence-electron chi connectivity index (χ1n) is 8.97. The second kappa shape index (κ2) is 6.52. The van der Waals surface area contributed by atoms with Crippen LogP contribution in [-0.2, 0) is 19.3 Å². The minimum absolute atomic E-state index is 0.0251. The Bertz CT molecular complexity index is 1030. The van der Waals surface area contributed by atoms with Gasteiger partial charge in [0.2, 0.25) is 0 Å². The highest BCUT2D eigenvalue weighted by atomic mass is 35.5. The minimum Gasteiger partial charge on any atom is -0.375 e. The Morgan fingerprint density at radius 1 is 1.43 bits per heavy atom. The Balaban J connectivity index is 1.66. The molecule has 2 bridgehead atoms. The number of nitrogens with one attached hydrogen (secondary N) is 1. The third-order valence-electron chi connectivity index (χ3n) is 5.49. The van der Waals surface area contributed by atoms with Crippen LogP contribution in [0.15, 0.2) is 23.2 Å². The fourth-order valence-corrected chi connectivity index (χ4v) is 5.49. The highest BCUT2D eigenvalue weighted by Crippen LogP contribution is 2.58. The molecular formula is C19H22ClFN2O4S. The summed E-state index contributed by atoms with van der Waals surface area (Å²) in [5, 5.41) is -0.0563. The van der Waals surface area contributed by atoms with Crippen LogP contribution in [0.1, 0.15) is 43.0 Å². The van der Waals surface area contributed by atoms with E-state index in [2.05, 4.69) is 16.9 Å². The van der Waals surface area contributed by atoms with Gasteiger partial charge in [0.15, 0.2) is 14.9 Å². The summed E-state index contributed by atoms with van der Waals surface area (Å²) in [6.07, 6.45) is 2.24. The monoisotopic (exact) mass is 428 g/mol. The van der Waals surface area contributed by atoms with Crippen LogP contribution in [0, 0.1) is 18.2 Å². The summed E-state index contributed by atoms with van der Waals surface area (Å²) in [6.45, 7) is 4.79. The lowest BCUT2D eigenvalue weighted by Crippen LogP contribution is -2.44. The highest BCUT2D eigenvalue weighted by Gasteiger charge is 2.60. The Labute approximate surface area is 168 Å². The van der Waals surface area contributed by atoms with Gasteiger partial charge in [0.05, 0.1) is 29.5 Å². The first kappa shape index (κ1) is 19.8. The molecule has 2 saturated heterocycles. The lowest BCUT2D eigenvalue weighted by Gasteiger charge is -2.42. The van der Waals surface area contributed by atoms with Crippen LogP contribution < -0.4 is 0 Å². The molecule has 2 aromatic rings. The molecule has 1 atom stereocenters. The van der Waals surface area contributed by atoms with Crippen molar-refractivity contribution in [2.24, 2.45) is 5.41 Å². The molecule has 0 radical (unpaired) electrons. The van der Waals surface area contributed by atoms with Crippen molar-refractivity contribution in [2.75, 3.05) is 19.5 Å². The number of imidazole rings is 1. The minimum atomic E-state index is -3.49. The number of nitrogens with zero attached hydrogens (tertiary/aromatic N) is 1. The lowest BCUT2D eigenvalue weighted by atomic mass is 9.64. The van der Waals surface area contributed by atoms with Crippen LogP contribution in [0.25, 0.3) is 0 Å². The smallest absolute Gasteiger partial charge is 0.194 e. The summed E-state index contributed by atoms with van der Waals surface area (Å²) in [4.78, 5) is 7.28. The molecule has 5 rings (SSSR count). The van der Waals surface area contributed by atoms with E-state index in [-0.39, 0.29) is 21.1 Å². The van der Waals surface area contributed by atoms with Gasteiger partial charge >= 0.3 is 0 Å². The van der Waals surface area contributed by atoms with Crippen molar-refractivity contribution >= 4 is 21.4 Å². The molecule has 3 fully saturated rings. The summed E-state index contributed by atoms with van der Waals surface area (Å²) in [6, 6.07) is 4.31. The molecule has 28 heavy (non-hydrogen) atoms. The van der Waals surface area contributed by atoms with Gasteiger partial charge in [0, 0.05) is 11.7 Å². The number of aromatic nitrogens is 2. The van der Waals surface area contributed by atoms with Crippen molar-refractivity contribution < 1.29 is 22.3 Å². The predicted molar refractivity (Wildman–Crippen MR) is 102 cm³/mol. The largest absolute Gasteiger partial charge is 0.375 e. The van der Waals surface area contributed by atoms with E-state index < -0.39 is 21.8 Å². The number of fused-ring (bicyclic) bond motifs is 1. The van der Waals surface area contributed by atoms with Crippen LogP contribution in [0.4, 0.5) is 4.39 Å². The number of hydrogen-bond acceptors (Lipinski definition) is 5. The van der Waals surface area contributed by atoms with Gasteiger partial charge in [0.25, 0.3) is 0 Å². The zero-order valence-corrected chi connectivity index (χ0v) is 17.5. The fraction of sp³-hybridized carbons (Fsp3) is 0.526. The first-order chi connectivity index (χ1) is 13.0. The standard InChI is InChI=1S/C19H22ClFN2O4S/c1-11-17(28(3,24)25)23-16(22-11)15(12-4-5-14(21)13(20)6-12)26-9-19-7-18(2,8-19)27-10-19/h4-6,15H,7-10H2,1-3H3,(H,22,23). The number of aromatic amines is 1. The van der Waals surface area contributed by atoms with Gasteiger partial charge in [-0.3, -0.25) is 0 Å². The second-order valence-corrected chi connectivity index (χ2v) is 10.6. The summed E-state index contributed by atoms with van der Waals surface area (Å²) < 4.78 is 49.6. The summed E-state index contributed by atoms with van der Waals surface area (Å²) >= 11 is 5.96. The molecule has 1 saturated carbocycles. The molecular weight excluding hydrogens is 407 g/mol. The number of ether oxygens (including phenoxy) is 2. The Hall–Kier alpha value is -1.48. The number of hydrogen-bond donors (Lipinski definition) is 1. The molecule has 0 amide bonds. The van der Waals surface area contributed by atoms with E-state index in [1.807, 2.05) is 0 Å². The molecule has 1 unspecified atom stereocenters. The maximum atomic E-state index is 13.6. The van der Waals surface area contributed by atoms with Crippen LogP contribution >= 0.6 is 11.6 Å². The van der Waals surface area contributed by atoms with Crippen LogP contribution in [0.5, 0.6) is 0 Å². The average molecular weight is 429 g/mol. The average Bonchev–Trinajstić information content (AvgIpc) is 3.21. The number of aryl methyl sites for hydroxylation is 1. The molecule has 3 aliphatic rings. The van der Waals surface area contributed by atoms with Crippen molar-refractivity contribution in [1.82, 2.24) is 9.97 Å². The van der Waals surface area contributed by atoms with Gasteiger partial charge in [0.1, 0.15) is 17.7 Å². The highest BCUT2D eigenvalue weighted by molar-refractivity contribution is 7.90. The molecule has 152 valence electrons. The summed E-state index contributed by atoms with van der Waals surface area (Å²) in [5.41, 5.74) is 0.913. The summed E-state index contributed by atoms with van der Waals surface area (Å²) in [7, 11) is -3.49. The summed E-state index contributed by atoms with van der Waals surface area (Å²) in [5.74, 6) is -0.188. The van der Waals surface area contributed by atoms with Crippen molar-refractivity contribution in [1.29, 1.82) is 0 Å². The molecule has 0 spiro atoms. The van der Waals surface area contributed by atoms with E-state index in [1.54, 1.807) is 13.0 Å². The van der Waals surface area contributed by atoms with Crippen molar-refractivity contribution in [3.05, 3.63) is 46.1 Å². The fourth-order valence-electron chi connectivity index (χ4n) is 4.43. The third kappa shape index (κ3) is 3.47. The Morgan fingerprint density at radius 2 is 2.14 bits per heavy atom. The van der Waals surface area contributed by atoms with Crippen LogP contribution in [-0.4, -0.2) is 43.5 Å². The van der Waals surface area contributed by atoms with Gasteiger partial charge in [-0.1, -0.05) is 17.7 Å². The van der Waals surface area contributed by atoms with Gasteiger partial charge in [-0.05, 0) is 44.4 Å². The number of benzene rings is 1. The number of halogens is 2. The van der Waals surface area contributed by atoms with Gasteiger partial charge in [-0.15, -0.1) is 0 Å². The second-order valence-electron chi connectivity index (χ2n) is 8.28. The number of rotatable bonds is 6. The van der Waals surface area contributed by atoms with Gasteiger partial charge < -0.3 is 14.5 Å². The Kier molecular flexibility index (Phi) is 4.61. The molecule has 6 nitrogen and oxygen atoms in total. The van der Waals surface area contributed by atoms with E-state index in [0.29, 0.717) is 30.3 Å². The first-order valence-corrected chi connectivity index (χ1v) is 11.2. The molecule has 3 heterocycles. The van der Waals surface area contributed by atoms with E-state index in [4.69, 9.17) is 21.1 Å². The van der Waals surface area contributed by atoms with Gasteiger partial charge in [-0.25, -0.2) is 17.8 Å². The quantitative estimate of drug-likeness (QED) is 0.760. The molecule has 2 aliphatic heterocycles. The number of H-pyrrole nitrogens is 1. The van der Waals surface area contributed by atoms with Crippen molar-refractivity contribution in [2.45, 2.75) is 43.4 Å². The van der Waals surface area contributed by atoms with E-state index in [0.717, 1.165) is 19.1 Å². The normalized spacial score (nSPS) is 27.6. The topological polar surface area (TPSA) is 81.3 Å². The maximum Gasteiger partial charge on any atom is 0.194 e.